The smallest absolute Gasteiger partial charge is 0.224 e. The first-order chi connectivity index (χ1) is 14.6. The van der Waals surface area contributed by atoms with Gasteiger partial charge in [0.25, 0.3) is 0 Å². The number of nitrogens with one attached hydrogen (secondary N) is 2. The third-order valence-corrected chi connectivity index (χ3v) is 7.22. The van der Waals surface area contributed by atoms with E-state index in [0.717, 1.165) is 56.5 Å². The first-order valence-electron chi connectivity index (χ1n) is 11.9. The van der Waals surface area contributed by atoms with E-state index >= 15 is 0 Å². The third kappa shape index (κ3) is 3.87. The molecule has 2 bridgehead atoms. The van der Waals surface area contributed by atoms with Gasteiger partial charge in [0.15, 0.2) is 0 Å². The van der Waals surface area contributed by atoms with Gasteiger partial charge < -0.3 is 20.3 Å². The normalized spacial score (nSPS) is 29.8. The summed E-state index contributed by atoms with van der Waals surface area (Å²) < 4.78 is 2.39. The Bertz CT molecular complexity index is 927. The zero-order chi connectivity index (χ0) is 20.7. The Morgan fingerprint density at radius 2 is 2.07 bits per heavy atom. The lowest BCUT2D eigenvalue weighted by molar-refractivity contribution is 0.111. The second kappa shape index (κ2) is 8.31. The van der Waals surface area contributed by atoms with Gasteiger partial charge in [-0.15, -0.1) is 0 Å². The summed E-state index contributed by atoms with van der Waals surface area (Å²) in [6.45, 7) is 4.40. The Morgan fingerprint density at radius 3 is 2.83 bits per heavy atom. The van der Waals surface area contributed by atoms with Crippen LogP contribution in [0.4, 0.5) is 5.95 Å². The number of anilines is 1. The molecule has 3 atom stereocenters. The van der Waals surface area contributed by atoms with Crippen LogP contribution < -0.4 is 10.6 Å². The SMILES string of the molecule is CCCC(C)Nc1ncc2c(C3=CC4CCC(C3)N4)cn([C@H]3CC[C@H](O)CC3)c2n1. The van der Waals surface area contributed by atoms with Crippen molar-refractivity contribution < 1.29 is 5.11 Å². The van der Waals surface area contributed by atoms with Crippen molar-refractivity contribution in [3.8, 4) is 0 Å². The Kier molecular flexibility index (Phi) is 5.54. The van der Waals surface area contributed by atoms with Crippen LogP contribution in [0.2, 0.25) is 0 Å². The summed E-state index contributed by atoms with van der Waals surface area (Å²) in [7, 11) is 0. The number of fused-ring (bicyclic) bond motifs is 3. The van der Waals surface area contributed by atoms with Crippen molar-refractivity contribution in [2.75, 3.05) is 5.32 Å². The minimum atomic E-state index is -0.146. The molecule has 1 saturated carbocycles. The van der Waals surface area contributed by atoms with Crippen molar-refractivity contribution in [3.63, 3.8) is 0 Å². The van der Waals surface area contributed by atoms with Crippen molar-refractivity contribution in [2.24, 2.45) is 0 Å². The van der Waals surface area contributed by atoms with Crippen LogP contribution in [0.1, 0.15) is 83.2 Å². The van der Waals surface area contributed by atoms with Crippen LogP contribution in [0.3, 0.4) is 0 Å². The van der Waals surface area contributed by atoms with E-state index in [1.165, 1.54) is 29.4 Å². The molecule has 2 fully saturated rings. The zero-order valence-corrected chi connectivity index (χ0v) is 18.3. The van der Waals surface area contributed by atoms with Gasteiger partial charge in [-0.3, -0.25) is 0 Å². The molecular weight excluding hydrogens is 374 g/mol. The van der Waals surface area contributed by atoms with Crippen LogP contribution in [0.5, 0.6) is 0 Å². The summed E-state index contributed by atoms with van der Waals surface area (Å²) >= 11 is 0. The molecule has 0 radical (unpaired) electrons. The van der Waals surface area contributed by atoms with Crippen molar-refractivity contribution in [1.82, 2.24) is 19.9 Å². The van der Waals surface area contributed by atoms with E-state index in [1.54, 1.807) is 0 Å². The number of aromatic nitrogens is 3. The molecule has 6 heteroatoms. The lowest BCUT2D eigenvalue weighted by atomic mass is 9.93. The molecule has 1 saturated heterocycles. The molecular formula is C24H35N5O. The van der Waals surface area contributed by atoms with Gasteiger partial charge in [-0.05, 0) is 63.9 Å². The van der Waals surface area contributed by atoms with Gasteiger partial charge in [-0.1, -0.05) is 19.4 Å². The molecule has 30 heavy (non-hydrogen) atoms. The highest BCUT2D eigenvalue weighted by molar-refractivity contribution is 5.91. The van der Waals surface area contributed by atoms with Crippen LogP contribution in [0, 0.1) is 0 Å². The predicted octanol–water partition coefficient (Wildman–Crippen LogP) is 4.42. The van der Waals surface area contributed by atoms with Gasteiger partial charge in [0.2, 0.25) is 5.95 Å². The molecule has 1 aliphatic carbocycles. The Balaban J connectivity index is 1.54. The maximum Gasteiger partial charge on any atom is 0.224 e. The van der Waals surface area contributed by atoms with Crippen LogP contribution in [0.15, 0.2) is 18.5 Å². The first kappa shape index (κ1) is 20.0. The molecule has 0 spiro atoms. The molecule has 0 aromatic carbocycles. The molecule has 0 amide bonds. The summed E-state index contributed by atoms with van der Waals surface area (Å²) in [5.41, 5.74) is 3.80. The van der Waals surface area contributed by atoms with Crippen LogP contribution in [0.25, 0.3) is 16.6 Å². The first-order valence-corrected chi connectivity index (χ1v) is 11.9. The maximum atomic E-state index is 9.99. The van der Waals surface area contributed by atoms with Crippen molar-refractivity contribution in [2.45, 2.75) is 102 Å². The van der Waals surface area contributed by atoms with Crippen LogP contribution in [-0.2, 0) is 0 Å². The minimum Gasteiger partial charge on any atom is -0.393 e. The molecule has 2 aromatic rings. The number of aliphatic hydroxyl groups excluding tert-OH is 1. The van der Waals surface area contributed by atoms with Gasteiger partial charge in [-0.25, -0.2) is 4.98 Å². The quantitative estimate of drug-likeness (QED) is 0.659. The van der Waals surface area contributed by atoms with Gasteiger partial charge in [-0.2, -0.15) is 4.98 Å². The highest BCUT2D eigenvalue weighted by Gasteiger charge is 2.31. The maximum absolute atomic E-state index is 9.99. The fraction of sp³-hybridized carbons (Fsp3) is 0.667. The van der Waals surface area contributed by atoms with E-state index in [2.05, 4.69) is 41.3 Å². The van der Waals surface area contributed by atoms with E-state index in [0.29, 0.717) is 24.2 Å². The van der Waals surface area contributed by atoms with E-state index in [9.17, 15) is 5.11 Å². The summed E-state index contributed by atoms with van der Waals surface area (Å²) in [5.74, 6) is 0.726. The summed E-state index contributed by atoms with van der Waals surface area (Å²) in [4.78, 5) is 9.69. The lowest BCUT2D eigenvalue weighted by Crippen LogP contribution is -2.31. The molecule has 4 heterocycles. The molecule has 162 valence electrons. The summed E-state index contributed by atoms with van der Waals surface area (Å²) in [5, 5.41) is 18.4. The number of aliphatic hydroxyl groups is 1. The van der Waals surface area contributed by atoms with Crippen LogP contribution in [-0.4, -0.2) is 43.9 Å². The largest absolute Gasteiger partial charge is 0.393 e. The standard InChI is InChI=1S/C24H35N5O/c1-3-4-15(2)26-24-25-13-21-22(16-11-17-5-6-18(12-16)27-17)14-29(23(21)28-24)19-7-9-20(30)10-8-19/h11,13-15,17-20,27,30H,3-10,12H2,1-2H3,(H,25,26,28)/t15?,17?,18?,19-,20-. The Labute approximate surface area is 179 Å². The Hall–Kier alpha value is -1.92. The van der Waals surface area contributed by atoms with Gasteiger partial charge in [0, 0.05) is 47.5 Å². The molecule has 3 unspecified atom stereocenters. The fourth-order valence-corrected chi connectivity index (χ4v) is 5.61. The number of nitrogens with zero attached hydrogens (tertiary/aromatic N) is 3. The second-order valence-electron chi connectivity index (χ2n) is 9.62. The van der Waals surface area contributed by atoms with Gasteiger partial charge in [0.1, 0.15) is 5.65 Å². The van der Waals surface area contributed by atoms with Crippen molar-refractivity contribution in [3.05, 3.63) is 24.0 Å². The summed E-state index contributed by atoms with van der Waals surface area (Å²) in [6.07, 6.45) is 16.3. The zero-order valence-electron chi connectivity index (χ0n) is 18.3. The van der Waals surface area contributed by atoms with E-state index in [1.807, 2.05) is 6.20 Å². The lowest BCUT2D eigenvalue weighted by Gasteiger charge is -2.27. The van der Waals surface area contributed by atoms with Gasteiger partial charge in [0.05, 0.1) is 6.10 Å². The second-order valence-corrected chi connectivity index (χ2v) is 9.62. The van der Waals surface area contributed by atoms with Gasteiger partial charge >= 0.3 is 0 Å². The van der Waals surface area contributed by atoms with Crippen LogP contribution >= 0.6 is 0 Å². The molecule has 2 aromatic heterocycles. The fourth-order valence-electron chi connectivity index (χ4n) is 5.61. The summed E-state index contributed by atoms with van der Waals surface area (Å²) in [6, 6.07) is 1.89. The number of hydrogen-bond acceptors (Lipinski definition) is 5. The minimum absolute atomic E-state index is 0.146. The highest BCUT2D eigenvalue weighted by atomic mass is 16.3. The monoisotopic (exact) mass is 409 g/mol. The van der Waals surface area contributed by atoms with E-state index in [-0.39, 0.29) is 6.10 Å². The van der Waals surface area contributed by atoms with E-state index in [4.69, 9.17) is 9.97 Å². The topological polar surface area (TPSA) is 75.0 Å². The molecule has 3 N–H and O–H groups in total. The molecule has 6 nitrogen and oxygen atoms in total. The molecule has 3 aliphatic rings. The predicted molar refractivity (Wildman–Crippen MR) is 122 cm³/mol. The number of rotatable bonds is 6. The average Bonchev–Trinajstić information content (AvgIpc) is 3.28. The van der Waals surface area contributed by atoms with E-state index < -0.39 is 0 Å². The van der Waals surface area contributed by atoms with Crippen molar-refractivity contribution in [1.29, 1.82) is 0 Å². The van der Waals surface area contributed by atoms with Crippen molar-refractivity contribution >= 4 is 22.6 Å². The number of hydrogen-bond donors (Lipinski definition) is 3. The average molecular weight is 410 g/mol. The highest BCUT2D eigenvalue weighted by Crippen LogP contribution is 2.39. The molecule has 5 rings (SSSR count). The Morgan fingerprint density at radius 1 is 1.23 bits per heavy atom. The molecule has 2 aliphatic heterocycles. The third-order valence-electron chi connectivity index (χ3n) is 7.22.